The molecule has 4 aromatic rings. The number of nitrogens with zero attached hydrogens (tertiary/aromatic N) is 4. The summed E-state index contributed by atoms with van der Waals surface area (Å²) in [4.78, 5) is 26.3. The first-order valence-electron chi connectivity index (χ1n) is 9.71. The van der Waals surface area contributed by atoms with Crippen LogP contribution in [-0.2, 0) is 4.74 Å². The summed E-state index contributed by atoms with van der Waals surface area (Å²) >= 11 is 2.69. The summed E-state index contributed by atoms with van der Waals surface area (Å²) in [5, 5.41) is 0.908. The Labute approximate surface area is 180 Å². The Morgan fingerprint density at radius 1 is 1.07 bits per heavy atom. The lowest BCUT2D eigenvalue weighted by Crippen LogP contribution is -2.43. The molecule has 2 aromatic carbocycles. The number of carbonyl (C=O) groups excluding carboxylic acids is 1. The number of fused-ring (bicyclic) bond motifs is 2. The molecule has 3 heterocycles. The number of halogens is 1. The van der Waals surface area contributed by atoms with Crippen molar-refractivity contribution >= 4 is 54.1 Å². The van der Waals surface area contributed by atoms with E-state index >= 15 is 0 Å². The van der Waals surface area contributed by atoms with Crippen LogP contribution < -0.4 is 4.90 Å². The number of hydrogen-bond acceptors (Lipinski definition) is 7. The second kappa shape index (κ2) is 8.35. The van der Waals surface area contributed by atoms with E-state index in [1.807, 2.05) is 30.3 Å². The average Bonchev–Trinajstić information content (AvgIpc) is 3.39. The minimum atomic E-state index is -0.379. The highest BCUT2D eigenvalue weighted by Gasteiger charge is 2.25. The van der Waals surface area contributed by atoms with E-state index in [-0.39, 0.29) is 11.7 Å². The third kappa shape index (κ3) is 3.81. The molecule has 0 atom stereocenters. The van der Waals surface area contributed by atoms with Gasteiger partial charge in [-0.3, -0.25) is 14.6 Å². The van der Waals surface area contributed by atoms with Crippen molar-refractivity contribution in [1.82, 2.24) is 14.9 Å². The van der Waals surface area contributed by atoms with Crippen LogP contribution in [0.5, 0.6) is 0 Å². The van der Waals surface area contributed by atoms with Crippen molar-refractivity contribution in [3.8, 4) is 0 Å². The van der Waals surface area contributed by atoms with E-state index in [0.29, 0.717) is 42.0 Å². The summed E-state index contributed by atoms with van der Waals surface area (Å²) < 4.78 is 21.3. The van der Waals surface area contributed by atoms with Crippen molar-refractivity contribution in [2.45, 2.75) is 0 Å². The standard InChI is InChI=1S/C21H19FN4O2S2/c22-14-4-3-7-17-18(14)24-21(30-17)26(9-8-25-10-12-28-13-11-25)20(27)19-23-15-5-1-2-6-16(15)29-19/h1-7H,8-13H2. The molecule has 5 rings (SSSR count). The summed E-state index contributed by atoms with van der Waals surface area (Å²) in [6.07, 6.45) is 0. The van der Waals surface area contributed by atoms with Crippen LogP contribution in [0.2, 0.25) is 0 Å². The monoisotopic (exact) mass is 442 g/mol. The first-order chi connectivity index (χ1) is 14.7. The molecule has 1 aliphatic heterocycles. The van der Waals surface area contributed by atoms with Gasteiger partial charge < -0.3 is 4.74 Å². The van der Waals surface area contributed by atoms with E-state index in [9.17, 15) is 9.18 Å². The summed E-state index contributed by atoms with van der Waals surface area (Å²) in [6, 6.07) is 12.6. The number of ether oxygens (including phenoxy) is 1. The highest BCUT2D eigenvalue weighted by molar-refractivity contribution is 7.23. The predicted molar refractivity (Wildman–Crippen MR) is 118 cm³/mol. The maximum Gasteiger partial charge on any atom is 0.289 e. The average molecular weight is 443 g/mol. The van der Waals surface area contributed by atoms with E-state index in [2.05, 4.69) is 14.9 Å². The number of rotatable bonds is 5. The van der Waals surface area contributed by atoms with E-state index in [1.54, 1.807) is 11.0 Å². The van der Waals surface area contributed by atoms with Gasteiger partial charge in [0.2, 0.25) is 0 Å². The smallest absolute Gasteiger partial charge is 0.289 e. The van der Waals surface area contributed by atoms with Crippen LogP contribution in [0.3, 0.4) is 0 Å². The van der Waals surface area contributed by atoms with Gasteiger partial charge in [-0.25, -0.2) is 14.4 Å². The Kier molecular flexibility index (Phi) is 5.43. The third-order valence-electron chi connectivity index (χ3n) is 5.05. The number of hydrogen-bond donors (Lipinski definition) is 0. The maximum absolute atomic E-state index is 14.2. The second-order valence-electron chi connectivity index (χ2n) is 6.98. The van der Waals surface area contributed by atoms with Gasteiger partial charge >= 0.3 is 0 Å². The fourth-order valence-corrected chi connectivity index (χ4v) is 5.37. The lowest BCUT2D eigenvalue weighted by atomic mass is 10.3. The zero-order valence-electron chi connectivity index (χ0n) is 16.1. The highest BCUT2D eigenvalue weighted by atomic mass is 32.1. The number of aromatic nitrogens is 2. The first kappa shape index (κ1) is 19.5. The number of morpholine rings is 1. The Morgan fingerprint density at radius 3 is 2.67 bits per heavy atom. The van der Waals surface area contributed by atoms with Crippen molar-refractivity contribution in [2.75, 3.05) is 44.3 Å². The number of para-hydroxylation sites is 2. The number of thiazole rings is 2. The van der Waals surface area contributed by atoms with Gasteiger partial charge in [-0.15, -0.1) is 11.3 Å². The minimum Gasteiger partial charge on any atom is -0.379 e. The van der Waals surface area contributed by atoms with Crippen LogP contribution >= 0.6 is 22.7 Å². The van der Waals surface area contributed by atoms with E-state index in [4.69, 9.17) is 4.74 Å². The van der Waals surface area contributed by atoms with Gasteiger partial charge in [-0.1, -0.05) is 29.5 Å². The van der Waals surface area contributed by atoms with Crippen LogP contribution in [0.15, 0.2) is 42.5 Å². The molecular weight excluding hydrogens is 423 g/mol. The Balaban J connectivity index is 1.49. The molecule has 154 valence electrons. The molecule has 2 aromatic heterocycles. The molecule has 0 bridgehead atoms. The van der Waals surface area contributed by atoms with Gasteiger partial charge in [0.1, 0.15) is 11.3 Å². The molecule has 1 fully saturated rings. The lowest BCUT2D eigenvalue weighted by molar-refractivity contribution is 0.0391. The van der Waals surface area contributed by atoms with E-state index in [0.717, 1.165) is 28.0 Å². The second-order valence-corrected chi connectivity index (χ2v) is 9.02. The number of amides is 1. The zero-order valence-corrected chi connectivity index (χ0v) is 17.7. The minimum absolute atomic E-state index is 0.205. The molecule has 0 N–H and O–H groups in total. The van der Waals surface area contributed by atoms with E-state index < -0.39 is 0 Å². The van der Waals surface area contributed by atoms with Crippen molar-refractivity contribution in [3.05, 3.63) is 53.3 Å². The summed E-state index contributed by atoms with van der Waals surface area (Å²) in [5.74, 6) is -0.584. The predicted octanol–water partition coefficient (Wildman–Crippen LogP) is 4.02. The molecule has 0 saturated carbocycles. The number of benzene rings is 2. The van der Waals surface area contributed by atoms with Gasteiger partial charge in [0.05, 0.1) is 28.1 Å². The fourth-order valence-electron chi connectivity index (χ4n) is 3.45. The summed E-state index contributed by atoms with van der Waals surface area (Å²) in [5.41, 5.74) is 1.10. The van der Waals surface area contributed by atoms with Gasteiger partial charge in [-0.05, 0) is 24.3 Å². The van der Waals surface area contributed by atoms with Crippen LogP contribution in [0.1, 0.15) is 9.80 Å². The van der Waals surface area contributed by atoms with Gasteiger partial charge in [0, 0.05) is 26.2 Å². The molecule has 6 nitrogen and oxygen atoms in total. The van der Waals surface area contributed by atoms with Crippen molar-refractivity contribution in [1.29, 1.82) is 0 Å². The molecule has 0 radical (unpaired) electrons. The van der Waals surface area contributed by atoms with Gasteiger partial charge in [0.15, 0.2) is 10.1 Å². The highest BCUT2D eigenvalue weighted by Crippen LogP contribution is 2.32. The third-order valence-corrected chi connectivity index (χ3v) is 7.12. The van der Waals surface area contributed by atoms with Crippen LogP contribution in [0, 0.1) is 5.82 Å². The van der Waals surface area contributed by atoms with Crippen LogP contribution in [0.25, 0.3) is 20.4 Å². The Hall–Kier alpha value is -2.46. The number of carbonyl (C=O) groups is 1. The fraction of sp³-hybridized carbons (Fsp3) is 0.286. The summed E-state index contributed by atoms with van der Waals surface area (Å²) in [6.45, 7) is 4.19. The van der Waals surface area contributed by atoms with Gasteiger partial charge in [0.25, 0.3) is 5.91 Å². The molecular formula is C21H19FN4O2S2. The van der Waals surface area contributed by atoms with E-state index in [1.165, 1.54) is 28.7 Å². The van der Waals surface area contributed by atoms with Crippen molar-refractivity contribution in [2.24, 2.45) is 0 Å². The topological polar surface area (TPSA) is 58.6 Å². The largest absolute Gasteiger partial charge is 0.379 e. The van der Waals surface area contributed by atoms with Crippen LogP contribution in [0.4, 0.5) is 9.52 Å². The molecule has 1 amide bonds. The normalized spacial score (nSPS) is 15.1. The molecule has 1 aliphatic rings. The molecule has 30 heavy (non-hydrogen) atoms. The van der Waals surface area contributed by atoms with Gasteiger partial charge in [-0.2, -0.15) is 0 Å². The molecule has 0 aliphatic carbocycles. The molecule has 0 unspecified atom stereocenters. The molecule has 0 spiro atoms. The zero-order chi connectivity index (χ0) is 20.5. The Morgan fingerprint density at radius 2 is 1.87 bits per heavy atom. The lowest BCUT2D eigenvalue weighted by Gasteiger charge is -2.28. The maximum atomic E-state index is 14.2. The Bertz CT molecular complexity index is 1170. The quantitative estimate of drug-likeness (QED) is 0.467. The first-order valence-corrected chi connectivity index (χ1v) is 11.3. The molecule has 1 saturated heterocycles. The summed E-state index contributed by atoms with van der Waals surface area (Å²) in [7, 11) is 0. The molecule has 9 heteroatoms. The number of anilines is 1. The van der Waals surface area contributed by atoms with Crippen molar-refractivity contribution in [3.63, 3.8) is 0 Å². The SMILES string of the molecule is O=C(c1nc2ccccc2s1)N(CCN1CCOCC1)c1nc2c(F)cccc2s1. The van der Waals surface area contributed by atoms with Crippen molar-refractivity contribution < 1.29 is 13.9 Å². The van der Waals surface area contributed by atoms with Crippen LogP contribution in [-0.4, -0.2) is 60.2 Å².